The van der Waals surface area contributed by atoms with Crippen molar-refractivity contribution in [2.75, 3.05) is 11.9 Å². The molecule has 0 aliphatic rings. The number of hydrogen-bond acceptors (Lipinski definition) is 4. The molecule has 6 nitrogen and oxygen atoms in total. The molecule has 1 aromatic carbocycles. The summed E-state index contributed by atoms with van der Waals surface area (Å²) >= 11 is 0. The lowest BCUT2D eigenvalue weighted by molar-refractivity contribution is 0.102. The van der Waals surface area contributed by atoms with Gasteiger partial charge in [-0.1, -0.05) is 20.8 Å². The van der Waals surface area contributed by atoms with Crippen molar-refractivity contribution in [1.82, 2.24) is 9.78 Å². The lowest BCUT2D eigenvalue weighted by Crippen LogP contribution is -2.17. The molecule has 1 N–H and O–H groups in total. The van der Waals surface area contributed by atoms with Crippen molar-refractivity contribution in [3.63, 3.8) is 0 Å². The van der Waals surface area contributed by atoms with Gasteiger partial charge in [-0.3, -0.25) is 9.48 Å². The Hall–Kier alpha value is -2.81. The van der Waals surface area contributed by atoms with E-state index in [0.717, 1.165) is 5.69 Å². The Morgan fingerprint density at radius 1 is 1.42 bits per heavy atom. The standard InChI is InChI=1S/C18H22N4O2/c1-12-15(10-20-22(12)5)17(23)21-14-6-7-16(13(8-14)9-19)24-11-18(2,3)4/h6-8,10H,11H2,1-5H3,(H,21,23). The summed E-state index contributed by atoms with van der Waals surface area (Å²) in [6, 6.07) is 7.15. The summed E-state index contributed by atoms with van der Waals surface area (Å²) in [5.41, 5.74) is 2.21. The smallest absolute Gasteiger partial charge is 0.259 e. The summed E-state index contributed by atoms with van der Waals surface area (Å²) in [4.78, 5) is 12.3. The second-order valence-electron chi connectivity index (χ2n) is 6.89. The maximum absolute atomic E-state index is 12.3. The lowest BCUT2D eigenvalue weighted by atomic mass is 9.98. The summed E-state index contributed by atoms with van der Waals surface area (Å²) in [5, 5.41) is 16.2. The number of aromatic nitrogens is 2. The SMILES string of the molecule is Cc1c(C(=O)Nc2ccc(OCC(C)(C)C)c(C#N)c2)cnn1C. The van der Waals surface area contributed by atoms with E-state index in [-0.39, 0.29) is 11.3 Å². The van der Waals surface area contributed by atoms with Gasteiger partial charge in [0.15, 0.2) is 0 Å². The van der Waals surface area contributed by atoms with Crippen LogP contribution in [0.1, 0.15) is 42.4 Å². The van der Waals surface area contributed by atoms with E-state index in [0.29, 0.717) is 29.2 Å². The molecular formula is C18H22N4O2. The van der Waals surface area contributed by atoms with Crippen LogP contribution in [0.3, 0.4) is 0 Å². The molecule has 2 rings (SSSR count). The first-order valence-corrected chi connectivity index (χ1v) is 7.68. The fraction of sp³-hybridized carbons (Fsp3) is 0.389. The molecule has 0 fully saturated rings. The minimum absolute atomic E-state index is 0.00253. The van der Waals surface area contributed by atoms with Crippen molar-refractivity contribution in [2.24, 2.45) is 12.5 Å². The zero-order valence-electron chi connectivity index (χ0n) is 14.7. The number of nitrogens with one attached hydrogen (secondary N) is 1. The third-order valence-corrected chi connectivity index (χ3v) is 3.50. The van der Waals surface area contributed by atoms with E-state index in [4.69, 9.17) is 4.74 Å². The minimum Gasteiger partial charge on any atom is -0.492 e. The van der Waals surface area contributed by atoms with Gasteiger partial charge in [0.1, 0.15) is 11.8 Å². The normalized spacial score (nSPS) is 11.0. The first kappa shape index (κ1) is 17.5. The summed E-state index contributed by atoms with van der Waals surface area (Å²) in [6.07, 6.45) is 1.52. The zero-order valence-corrected chi connectivity index (χ0v) is 14.7. The first-order valence-electron chi connectivity index (χ1n) is 7.68. The Kier molecular flexibility index (Phi) is 4.93. The number of carbonyl (C=O) groups is 1. The molecule has 24 heavy (non-hydrogen) atoms. The Morgan fingerprint density at radius 2 is 2.12 bits per heavy atom. The van der Waals surface area contributed by atoms with Gasteiger partial charge >= 0.3 is 0 Å². The van der Waals surface area contributed by atoms with Crippen LogP contribution in [0.15, 0.2) is 24.4 Å². The number of anilines is 1. The van der Waals surface area contributed by atoms with Crippen LogP contribution >= 0.6 is 0 Å². The molecule has 0 unspecified atom stereocenters. The third-order valence-electron chi connectivity index (χ3n) is 3.50. The van der Waals surface area contributed by atoms with E-state index in [1.165, 1.54) is 6.20 Å². The average Bonchev–Trinajstić information content (AvgIpc) is 2.84. The fourth-order valence-electron chi connectivity index (χ4n) is 2.04. The van der Waals surface area contributed by atoms with Crippen molar-refractivity contribution in [1.29, 1.82) is 5.26 Å². The Labute approximate surface area is 142 Å². The first-order chi connectivity index (χ1) is 11.2. The van der Waals surface area contributed by atoms with Gasteiger partial charge < -0.3 is 10.1 Å². The Bertz CT molecular complexity index is 794. The van der Waals surface area contributed by atoms with Crippen molar-refractivity contribution in [2.45, 2.75) is 27.7 Å². The van der Waals surface area contributed by atoms with E-state index in [1.807, 2.05) is 6.92 Å². The highest BCUT2D eigenvalue weighted by molar-refractivity contribution is 6.05. The molecule has 6 heteroatoms. The second kappa shape index (κ2) is 6.75. The number of nitriles is 1. The molecular weight excluding hydrogens is 304 g/mol. The molecule has 0 radical (unpaired) electrons. The highest BCUT2D eigenvalue weighted by Gasteiger charge is 2.15. The van der Waals surface area contributed by atoms with Crippen LogP contribution in [-0.4, -0.2) is 22.3 Å². The molecule has 0 aliphatic heterocycles. The predicted molar refractivity (Wildman–Crippen MR) is 92.0 cm³/mol. The zero-order chi connectivity index (χ0) is 17.9. The Balaban J connectivity index is 2.16. The van der Waals surface area contributed by atoms with Gasteiger partial charge in [0.05, 0.1) is 23.9 Å². The number of aryl methyl sites for hydroxylation is 1. The molecule has 2 aromatic rings. The summed E-state index contributed by atoms with van der Waals surface area (Å²) in [5.74, 6) is 0.260. The minimum atomic E-state index is -0.257. The highest BCUT2D eigenvalue weighted by Crippen LogP contribution is 2.25. The molecule has 0 saturated carbocycles. The van der Waals surface area contributed by atoms with Gasteiger partial charge in [0.25, 0.3) is 5.91 Å². The highest BCUT2D eigenvalue weighted by atomic mass is 16.5. The maximum Gasteiger partial charge on any atom is 0.259 e. The van der Waals surface area contributed by atoms with E-state index in [9.17, 15) is 10.1 Å². The number of carbonyl (C=O) groups excluding carboxylic acids is 1. The number of hydrogen-bond donors (Lipinski definition) is 1. The van der Waals surface area contributed by atoms with E-state index >= 15 is 0 Å². The molecule has 0 saturated heterocycles. The van der Waals surface area contributed by atoms with Crippen LogP contribution in [-0.2, 0) is 7.05 Å². The van der Waals surface area contributed by atoms with Crippen molar-refractivity contribution in [3.05, 3.63) is 41.2 Å². The van der Waals surface area contributed by atoms with Crippen molar-refractivity contribution >= 4 is 11.6 Å². The van der Waals surface area contributed by atoms with Crippen LogP contribution in [0.4, 0.5) is 5.69 Å². The number of rotatable bonds is 4. The molecule has 126 valence electrons. The van der Waals surface area contributed by atoms with Gasteiger partial charge in [0.2, 0.25) is 0 Å². The quantitative estimate of drug-likeness (QED) is 0.935. The van der Waals surface area contributed by atoms with Crippen LogP contribution in [0.25, 0.3) is 0 Å². The lowest BCUT2D eigenvalue weighted by Gasteiger charge is -2.19. The van der Waals surface area contributed by atoms with E-state index < -0.39 is 0 Å². The molecule has 1 aromatic heterocycles. The predicted octanol–water partition coefficient (Wildman–Crippen LogP) is 3.28. The van der Waals surface area contributed by atoms with Gasteiger partial charge in [-0.2, -0.15) is 10.4 Å². The molecule has 1 heterocycles. The maximum atomic E-state index is 12.3. The van der Waals surface area contributed by atoms with Gasteiger partial charge in [-0.25, -0.2) is 0 Å². The van der Waals surface area contributed by atoms with Crippen molar-refractivity contribution < 1.29 is 9.53 Å². The van der Waals surface area contributed by atoms with Crippen LogP contribution < -0.4 is 10.1 Å². The number of nitrogens with zero attached hydrogens (tertiary/aromatic N) is 3. The molecule has 0 atom stereocenters. The van der Waals surface area contributed by atoms with Crippen LogP contribution in [0.5, 0.6) is 5.75 Å². The van der Waals surface area contributed by atoms with E-state index in [1.54, 1.807) is 29.9 Å². The molecule has 1 amide bonds. The fourth-order valence-corrected chi connectivity index (χ4v) is 2.04. The largest absolute Gasteiger partial charge is 0.492 e. The van der Waals surface area contributed by atoms with Gasteiger partial charge in [-0.05, 0) is 30.5 Å². The molecule has 0 spiro atoms. The number of amides is 1. The Morgan fingerprint density at radius 3 is 2.67 bits per heavy atom. The van der Waals surface area contributed by atoms with Crippen LogP contribution in [0.2, 0.25) is 0 Å². The topological polar surface area (TPSA) is 79.9 Å². The third kappa shape index (κ3) is 4.13. The molecule has 0 bridgehead atoms. The van der Waals surface area contributed by atoms with Gasteiger partial charge in [0, 0.05) is 18.4 Å². The number of benzene rings is 1. The van der Waals surface area contributed by atoms with Crippen LogP contribution in [0, 0.1) is 23.7 Å². The monoisotopic (exact) mass is 326 g/mol. The van der Waals surface area contributed by atoms with Crippen molar-refractivity contribution in [3.8, 4) is 11.8 Å². The molecule has 0 aliphatic carbocycles. The summed E-state index contributed by atoms with van der Waals surface area (Å²) < 4.78 is 7.35. The summed E-state index contributed by atoms with van der Waals surface area (Å²) in [6.45, 7) is 8.51. The summed E-state index contributed by atoms with van der Waals surface area (Å²) in [7, 11) is 1.78. The second-order valence-corrected chi connectivity index (χ2v) is 6.89. The van der Waals surface area contributed by atoms with Gasteiger partial charge in [-0.15, -0.1) is 0 Å². The van der Waals surface area contributed by atoms with E-state index in [2.05, 4.69) is 37.3 Å². The number of ether oxygens (including phenoxy) is 1. The average molecular weight is 326 g/mol.